The van der Waals surface area contributed by atoms with Crippen LogP contribution in [0.2, 0.25) is 0 Å². The molecule has 1 fully saturated rings. The third kappa shape index (κ3) is 3.58. The van der Waals surface area contributed by atoms with E-state index in [1.54, 1.807) is 11.8 Å². The maximum Gasteiger partial charge on any atom is 0.339 e. The number of carbonyl (C=O) groups excluding carboxylic acids is 3. The van der Waals surface area contributed by atoms with E-state index < -0.39 is 11.9 Å². The van der Waals surface area contributed by atoms with Crippen LogP contribution in [0.4, 0.5) is 5.69 Å². The number of ether oxygens (including phenoxy) is 2. The molecule has 1 amide bonds. The third-order valence-corrected chi connectivity index (χ3v) is 4.08. The number of esters is 2. The van der Waals surface area contributed by atoms with Gasteiger partial charge in [-0.25, -0.2) is 9.59 Å². The Bertz CT molecular complexity index is 599. The van der Waals surface area contributed by atoms with E-state index in [0.29, 0.717) is 11.6 Å². The normalized spacial score (nSPS) is 16.9. The predicted molar refractivity (Wildman–Crippen MR) is 82.0 cm³/mol. The van der Waals surface area contributed by atoms with Crippen molar-refractivity contribution >= 4 is 35.3 Å². The van der Waals surface area contributed by atoms with E-state index >= 15 is 0 Å². The highest BCUT2D eigenvalue weighted by Crippen LogP contribution is 2.21. The van der Waals surface area contributed by atoms with E-state index in [9.17, 15) is 14.4 Å². The van der Waals surface area contributed by atoms with Gasteiger partial charge in [0.2, 0.25) is 5.91 Å². The summed E-state index contributed by atoms with van der Waals surface area (Å²) in [4.78, 5) is 35.5. The Morgan fingerprint density at radius 2 is 1.95 bits per heavy atom. The molecule has 1 unspecified atom stereocenters. The number of hydrogen-bond donors (Lipinski definition) is 2. The third-order valence-electron chi connectivity index (χ3n) is 3.14. The second-order valence-electron chi connectivity index (χ2n) is 4.50. The average Bonchev–Trinajstić information content (AvgIpc) is 3.07. The number of nitrogens with one attached hydrogen (secondary N) is 2. The smallest absolute Gasteiger partial charge is 0.339 e. The summed E-state index contributed by atoms with van der Waals surface area (Å²) >= 11 is 1.61. The van der Waals surface area contributed by atoms with Gasteiger partial charge >= 0.3 is 11.9 Å². The molecular weight excluding hydrogens is 308 g/mol. The number of amides is 1. The van der Waals surface area contributed by atoms with Gasteiger partial charge in [0.1, 0.15) is 0 Å². The van der Waals surface area contributed by atoms with E-state index in [-0.39, 0.29) is 28.8 Å². The monoisotopic (exact) mass is 324 g/mol. The minimum atomic E-state index is -0.597. The molecule has 0 bridgehead atoms. The fraction of sp³-hybridized carbons (Fsp3) is 0.357. The van der Waals surface area contributed by atoms with Gasteiger partial charge in [0.15, 0.2) is 0 Å². The Morgan fingerprint density at radius 3 is 2.55 bits per heavy atom. The summed E-state index contributed by atoms with van der Waals surface area (Å²) in [6, 6.07) is 3.93. The van der Waals surface area contributed by atoms with E-state index in [4.69, 9.17) is 0 Å². The van der Waals surface area contributed by atoms with Crippen molar-refractivity contribution in [3.05, 3.63) is 29.3 Å². The zero-order valence-corrected chi connectivity index (χ0v) is 13.0. The van der Waals surface area contributed by atoms with Gasteiger partial charge in [0, 0.05) is 11.6 Å². The van der Waals surface area contributed by atoms with Gasteiger partial charge in [-0.15, -0.1) is 11.8 Å². The lowest BCUT2D eigenvalue weighted by atomic mass is 10.1. The molecule has 1 saturated heterocycles. The Labute approximate surface area is 131 Å². The fourth-order valence-electron chi connectivity index (χ4n) is 1.96. The molecule has 0 radical (unpaired) electrons. The van der Waals surface area contributed by atoms with Crippen molar-refractivity contribution in [2.24, 2.45) is 0 Å². The number of hydrogen-bond acceptors (Lipinski definition) is 7. The van der Waals surface area contributed by atoms with Crippen LogP contribution in [0, 0.1) is 0 Å². The highest BCUT2D eigenvalue weighted by Gasteiger charge is 2.24. The Kier molecular flexibility index (Phi) is 5.40. The second-order valence-corrected chi connectivity index (χ2v) is 5.53. The minimum absolute atomic E-state index is 0.175. The van der Waals surface area contributed by atoms with Crippen molar-refractivity contribution in [3.63, 3.8) is 0 Å². The largest absolute Gasteiger partial charge is 0.465 e. The van der Waals surface area contributed by atoms with Crippen LogP contribution in [0.25, 0.3) is 0 Å². The number of benzene rings is 1. The molecule has 0 spiro atoms. The van der Waals surface area contributed by atoms with Gasteiger partial charge in [-0.2, -0.15) is 0 Å². The van der Waals surface area contributed by atoms with E-state index in [1.165, 1.54) is 32.4 Å². The Hall–Kier alpha value is -2.06. The summed E-state index contributed by atoms with van der Waals surface area (Å²) < 4.78 is 9.32. The fourth-order valence-corrected chi connectivity index (χ4v) is 2.91. The molecular formula is C14H16N2O5S. The van der Waals surface area contributed by atoms with Crippen molar-refractivity contribution in [3.8, 4) is 0 Å². The van der Waals surface area contributed by atoms with Crippen molar-refractivity contribution in [2.45, 2.75) is 6.04 Å². The number of rotatable bonds is 4. The highest BCUT2D eigenvalue weighted by molar-refractivity contribution is 7.99. The van der Waals surface area contributed by atoms with Gasteiger partial charge < -0.3 is 14.8 Å². The van der Waals surface area contributed by atoms with Crippen molar-refractivity contribution in [1.82, 2.24) is 5.32 Å². The van der Waals surface area contributed by atoms with Crippen LogP contribution in [-0.4, -0.2) is 49.7 Å². The summed E-state index contributed by atoms with van der Waals surface area (Å²) in [5, 5.41) is 5.69. The minimum Gasteiger partial charge on any atom is -0.465 e. The molecule has 8 heteroatoms. The Morgan fingerprint density at radius 1 is 1.23 bits per heavy atom. The quantitative estimate of drug-likeness (QED) is 0.793. The number of anilines is 1. The maximum absolute atomic E-state index is 12.2. The maximum atomic E-state index is 12.2. The average molecular weight is 324 g/mol. The van der Waals surface area contributed by atoms with E-state index in [0.717, 1.165) is 0 Å². The molecule has 0 saturated carbocycles. The zero-order chi connectivity index (χ0) is 16.1. The lowest BCUT2D eigenvalue weighted by Crippen LogP contribution is -2.37. The summed E-state index contributed by atoms with van der Waals surface area (Å²) in [6.45, 7) is 0. The first-order valence-electron chi connectivity index (χ1n) is 6.49. The summed E-state index contributed by atoms with van der Waals surface area (Å²) in [5.41, 5.74) is 0.631. The zero-order valence-electron chi connectivity index (χ0n) is 12.2. The highest BCUT2D eigenvalue weighted by atomic mass is 32.2. The van der Waals surface area contributed by atoms with Crippen LogP contribution in [0.1, 0.15) is 20.7 Å². The molecule has 118 valence electrons. The van der Waals surface area contributed by atoms with Crippen LogP contribution in [0.3, 0.4) is 0 Å². The van der Waals surface area contributed by atoms with Crippen LogP contribution in [0.15, 0.2) is 18.2 Å². The molecule has 2 N–H and O–H groups in total. The topological polar surface area (TPSA) is 93.7 Å². The molecule has 1 aromatic carbocycles. The lowest BCUT2D eigenvalue weighted by Gasteiger charge is -2.14. The van der Waals surface area contributed by atoms with Crippen LogP contribution < -0.4 is 10.6 Å². The van der Waals surface area contributed by atoms with E-state index in [2.05, 4.69) is 20.1 Å². The molecule has 1 aliphatic heterocycles. The molecule has 1 aromatic rings. The molecule has 1 aliphatic rings. The summed E-state index contributed by atoms with van der Waals surface area (Å²) in [7, 11) is 2.51. The van der Waals surface area contributed by atoms with Crippen molar-refractivity contribution in [1.29, 1.82) is 0 Å². The van der Waals surface area contributed by atoms with Crippen molar-refractivity contribution in [2.75, 3.05) is 31.2 Å². The predicted octanol–water partition coefficient (Wildman–Crippen LogP) is 0.861. The summed E-state index contributed by atoms with van der Waals surface area (Å²) in [6.07, 6.45) is 0. The van der Waals surface area contributed by atoms with Gasteiger partial charge in [-0.05, 0) is 18.2 Å². The van der Waals surface area contributed by atoms with Gasteiger partial charge in [-0.1, -0.05) is 0 Å². The molecule has 22 heavy (non-hydrogen) atoms. The van der Waals surface area contributed by atoms with Crippen LogP contribution >= 0.6 is 11.8 Å². The first-order valence-corrected chi connectivity index (χ1v) is 7.65. The first-order chi connectivity index (χ1) is 10.6. The first kappa shape index (κ1) is 16.3. The van der Waals surface area contributed by atoms with E-state index in [1.807, 2.05) is 0 Å². The number of methoxy groups -OCH3 is 2. The molecule has 2 rings (SSSR count). The SMILES string of the molecule is COC(=O)c1ccc(C(=O)OC)c(NC(=O)C2CSCN2)c1. The molecule has 1 atom stereocenters. The molecule has 7 nitrogen and oxygen atoms in total. The number of thioether (sulfide) groups is 1. The summed E-state index contributed by atoms with van der Waals surface area (Å²) in [5.74, 6) is -0.0700. The van der Waals surface area contributed by atoms with Gasteiger partial charge in [0.25, 0.3) is 0 Å². The molecule has 0 aliphatic carbocycles. The second kappa shape index (κ2) is 7.28. The molecule has 0 aromatic heterocycles. The van der Waals surface area contributed by atoms with Gasteiger partial charge in [-0.3, -0.25) is 10.1 Å². The standard InChI is InChI=1S/C14H16N2O5S/c1-20-13(18)8-3-4-9(14(19)21-2)10(5-8)16-12(17)11-6-22-7-15-11/h3-5,11,15H,6-7H2,1-2H3,(H,16,17). The number of carbonyl (C=O) groups is 3. The molecule has 1 heterocycles. The Balaban J connectivity index is 2.29. The lowest BCUT2D eigenvalue weighted by molar-refractivity contribution is -0.117. The van der Waals surface area contributed by atoms with Crippen molar-refractivity contribution < 1.29 is 23.9 Å². The van der Waals surface area contributed by atoms with Crippen LogP contribution in [-0.2, 0) is 14.3 Å². The van der Waals surface area contributed by atoms with Gasteiger partial charge in [0.05, 0.1) is 37.1 Å². The van der Waals surface area contributed by atoms with Crippen LogP contribution in [0.5, 0.6) is 0 Å².